The van der Waals surface area contributed by atoms with E-state index in [1.54, 1.807) is 6.20 Å². The van der Waals surface area contributed by atoms with E-state index in [9.17, 15) is 0 Å². The van der Waals surface area contributed by atoms with E-state index in [4.69, 9.17) is 14.3 Å². The van der Waals surface area contributed by atoms with E-state index in [1.807, 2.05) is 24.7 Å². The molecule has 0 amide bonds. The first-order chi connectivity index (χ1) is 15.3. The van der Waals surface area contributed by atoms with Gasteiger partial charge in [0.15, 0.2) is 11.5 Å². The fourth-order valence-electron chi connectivity index (χ4n) is 4.67. The van der Waals surface area contributed by atoms with Gasteiger partial charge in [-0.1, -0.05) is 59.8 Å². The number of imidazole rings is 1. The average Bonchev–Trinajstić information content (AvgIpc) is 3.55. The summed E-state index contributed by atoms with van der Waals surface area (Å²) in [7, 11) is 0. The van der Waals surface area contributed by atoms with E-state index in [0.29, 0.717) is 19.0 Å². The molecule has 0 saturated carbocycles. The van der Waals surface area contributed by atoms with Crippen LogP contribution in [-0.4, -0.2) is 32.8 Å². The summed E-state index contributed by atoms with van der Waals surface area (Å²) in [6.45, 7) is 1.18. The number of hydrogen-bond donors (Lipinski definition) is 0. The summed E-state index contributed by atoms with van der Waals surface area (Å²) in [4.78, 5) is 9.32. The molecule has 1 atom stereocenters. The van der Waals surface area contributed by atoms with Crippen LogP contribution >= 0.6 is 0 Å². The summed E-state index contributed by atoms with van der Waals surface area (Å²) in [6, 6.07) is 18.8. The topological polar surface area (TPSA) is 65.4 Å². The Balaban J connectivity index is 1.38. The summed E-state index contributed by atoms with van der Waals surface area (Å²) < 4.78 is 14.0. The van der Waals surface area contributed by atoms with Gasteiger partial charge in [-0.05, 0) is 24.0 Å². The van der Waals surface area contributed by atoms with Crippen molar-refractivity contribution in [2.45, 2.75) is 31.3 Å². The molecule has 6 rings (SSSR count). The number of aryl methyl sites for hydroxylation is 1. The van der Waals surface area contributed by atoms with Crippen LogP contribution in [0.2, 0.25) is 0 Å². The number of benzene rings is 2. The minimum absolute atomic E-state index is 0.421. The van der Waals surface area contributed by atoms with Gasteiger partial charge in [0.1, 0.15) is 12.1 Å². The average molecular weight is 410 g/mol. The van der Waals surface area contributed by atoms with Gasteiger partial charge in [0.2, 0.25) is 5.90 Å². The van der Waals surface area contributed by atoms with E-state index >= 15 is 0 Å². The lowest BCUT2D eigenvalue weighted by atomic mass is 9.89. The van der Waals surface area contributed by atoms with Crippen molar-refractivity contribution in [2.75, 3.05) is 6.61 Å². The largest absolute Gasteiger partial charge is 0.474 e. The van der Waals surface area contributed by atoms with Crippen molar-refractivity contribution in [3.8, 4) is 11.3 Å². The van der Waals surface area contributed by atoms with E-state index in [-0.39, 0.29) is 0 Å². The fourth-order valence-corrected chi connectivity index (χ4v) is 4.67. The van der Waals surface area contributed by atoms with Crippen LogP contribution in [0.15, 0.2) is 82.8 Å². The molecule has 6 heteroatoms. The Labute approximate surface area is 180 Å². The summed E-state index contributed by atoms with van der Waals surface area (Å²) in [5, 5.41) is 4.40. The first-order valence-electron chi connectivity index (χ1n) is 10.6. The van der Waals surface area contributed by atoms with E-state index in [2.05, 4.69) is 57.2 Å². The highest BCUT2D eigenvalue weighted by Crippen LogP contribution is 2.37. The Kier molecular flexibility index (Phi) is 4.23. The van der Waals surface area contributed by atoms with Crippen molar-refractivity contribution in [2.24, 2.45) is 4.99 Å². The zero-order chi connectivity index (χ0) is 20.7. The minimum Gasteiger partial charge on any atom is -0.474 e. The SMILES string of the molecule is c1ccc(CC2(Cn3ccnc3)COC(c3noc4c3CCc3ccccc3-4)=N2)cc1. The molecule has 4 aromatic rings. The number of rotatable bonds is 5. The first kappa shape index (κ1) is 18.1. The third-order valence-corrected chi connectivity index (χ3v) is 6.13. The van der Waals surface area contributed by atoms with E-state index in [0.717, 1.165) is 41.8 Å². The van der Waals surface area contributed by atoms with Gasteiger partial charge in [0.05, 0.1) is 12.9 Å². The highest BCUT2D eigenvalue weighted by molar-refractivity contribution is 5.96. The maximum absolute atomic E-state index is 6.18. The van der Waals surface area contributed by atoms with Crippen LogP contribution in [0.3, 0.4) is 0 Å². The molecule has 1 aliphatic heterocycles. The van der Waals surface area contributed by atoms with Gasteiger partial charge < -0.3 is 13.8 Å². The van der Waals surface area contributed by atoms with Crippen LogP contribution in [0.5, 0.6) is 0 Å². The molecule has 0 fully saturated rings. The molecule has 6 nitrogen and oxygen atoms in total. The van der Waals surface area contributed by atoms with Crippen molar-refractivity contribution in [3.05, 3.63) is 95.7 Å². The minimum atomic E-state index is -0.421. The summed E-state index contributed by atoms with van der Waals surface area (Å²) >= 11 is 0. The maximum Gasteiger partial charge on any atom is 0.240 e. The second-order valence-corrected chi connectivity index (χ2v) is 8.32. The van der Waals surface area contributed by atoms with Gasteiger partial charge in [0, 0.05) is 29.9 Å². The molecule has 154 valence electrons. The number of nitrogens with zero attached hydrogens (tertiary/aromatic N) is 4. The molecule has 2 aromatic carbocycles. The number of ether oxygens (including phenoxy) is 1. The third kappa shape index (κ3) is 3.24. The molecule has 2 aliphatic rings. The molecule has 2 aromatic heterocycles. The van der Waals surface area contributed by atoms with Crippen LogP contribution in [0.1, 0.15) is 22.4 Å². The molecular formula is C25H22N4O2. The second-order valence-electron chi connectivity index (χ2n) is 8.32. The lowest BCUT2D eigenvalue weighted by Crippen LogP contribution is -2.36. The molecule has 1 unspecified atom stereocenters. The highest BCUT2D eigenvalue weighted by Gasteiger charge is 2.40. The Hall–Kier alpha value is -3.67. The summed E-state index contributed by atoms with van der Waals surface area (Å²) in [5.74, 6) is 1.43. The lowest BCUT2D eigenvalue weighted by molar-refractivity contribution is 0.232. The Bertz CT molecular complexity index is 1240. The molecule has 0 N–H and O–H groups in total. The molecule has 0 spiro atoms. The summed E-state index contributed by atoms with van der Waals surface area (Å²) in [5.41, 5.74) is 5.06. The van der Waals surface area contributed by atoms with Crippen LogP contribution in [-0.2, 0) is 30.5 Å². The van der Waals surface area contributed by atoms with Crippen molar-refractivity contribution >= 4 is 5.90 Å². The molecule has 0 radical (unpaired) electrons. The fraction of sp³-hybridized carbons (Fsp3) is 0.240. The third-order valence-electron chi connectivity index (χ3n) is 6.13. The molecule has 0 saturated heterocycles. The lowest BCUT2D eigenvalue weighted by Gasteiger charge is -2.24. The normalized spacial score (nSPS) is 19.4. The van der Waals surface area contributed by atoms with Crippen LogP contribution in [0.4, 0.5) is 0 Å². The predicted molar refractivity (Wildman–Crippen MR) is 117 cm³/mol. The zero-order valence-electron chi connectivity index (χ0n) is 17.1. The molecular weight excluding hydrogens is 388 g/mol. The Morgan fingerprint density at radius 3 is 2.74 bits per heavy atom. The van der Waals surface area contributed by atoms with Crippen molar-refractivity contribution in [3.63, 3.8) is 0 Å². The Morgan fingerprint density at radius 2 is 1.87 bits per heavy atom. The number of aliphatic imine (C=N–C) groups is 1. The molecule has 1 aliphatic carbocycles. The maximum atomic E-state index is 6.18. The van der Waals surface area contributed by atoms with Crippen LogP contribution in [0.25, 0.3) is 11.3 Å². The molecule has 31 heavy (non-hydrogen) atoms. The monoisotopic (exact) mass is 410 g/mol. The van der Waals surface area contributed by atoms with Crippen molar-refractivity contribution in [1.82, 2.24) is 14.7 Å². The standard InChI is InChI=1S/C25H22N4O2/c1-2-6-18(7-3-1)14-25(15-29-13-12-26-17-29)16-30-24(27-25)22-21-11-10-19-8-4-5-9-20(19)23(21)31-28-22/h1-9,12-13,17H,10-11,14-16H2. The number of hydrogen-bond acceptors (Lipinski definition) is 5. The van der Waals surface area contributed by atoms with Crippen molar-refractivity contribution < 1.29 is 9.26 Å². The van der Waals surface area contributed by atoms with Gasteiger partial charge in [0.25, 0.3) is 0 Å². The van der Waals surface area contributed by atoms with E-state index in [1.165, 1.54) is 11.1 Å². The van der Waals surface area contributed by atoms with Gasteiger partial charge in [-0.3, -0.25) is 0 Å². The highest BCUT2D eigenvalue weighted by atomic mass is 16.5. The number of aromatic nitrogens is 3. The first-order valence-corrected chi connectivity index (χ1v) is 10.6. The van der Waals surface area contributed by atoms with Gasteiger partial charge in [-0.2, -0.15) is 0 Å². The van der Waals surface area contributed by atoms with Crippen LogP contribution < -0.4 is 0 Å². The predicted octanol–water partition coefficient (Wildman–Crippen LogP) is 4.10. The quantitative estimate of drug-likeness (QED) is 0.497. The second kappa shape index (κ2) is 7.23. The van der Waals surface area contributed by atoms with E-state index < -0.39 is 5.54 Å². The molecule has 0 bridgehead atoms. The van der Waals surface area contributed by atoms with Gasteiger partial charge >= 0.3 is 0 Å². The molecule has 3 heterocycles. The van der Waals surface area contributed by atoms with Gasteiger partial charge in [-0.25, -0.2) is 9.98 Å². The summed E-state index contributed by atoms with van der Waals surface area (Å²) in [6.07, 6.45) is 8.21. The zero-order valence-corrected chi connectivity index (χ0v) is 17.1. The van der Waals surface area contributed by atoms with Crippen molar-refractivity contribution in [1.29, 1.82) is 0 Å². The van der Waals surface area contributed by atoms with Gasteiger partial charge in [-0.15, -0.1) is 0 Å². The van der Waals surface area contributed by atoms with Crippen LogP contribution in [0, 0.1) is 0 Å². The Morgan fingerprint density at radius 1 is 1.00 bits per heavy atom. The number of fused-ring (bicyclic) bond motifs is 3. The smallest absolute Gasteiger partial charge is 0.240 e.